The maximum Gasteiger partial charge on any atom is 0.162 e. The fourth-order valence-corrected chi connectivity index (χ4v) is 2.04. The Balaban J connectivity index is 2.89. The van der Waals surface area contributed by atoms with Gasteiger partial charge in [0.05, 0.1) is 11.1 Å². The van der Waals surface area contributed by atoms with E-state index < -0.39 is 0 Å². The maximum atomic E-state index is 11.7. The van der Waals surface area contributed by atoms with Crippen LogP contribution >= 0.6 is 0 Å². The number of nitrogens with zero attached hydrogens (tertiary/aromatic N) is 4. The van der Waals surface area contributed by atoms with E-state index in [0.29, 0.717) is 11.4 Å². The number of hydrogen-bond acceptors (Lipinski definition) is 3. The number of hydrogen-bond donors (Lipinski definition) is 0. The molecule has 0 saturated carbocycles. The summed E-state index contributed by atoms with van der Waals surface area (Å²) >= 11 is 0. The molecule has 1 aromatic heterocycles. The minimum atomic E-state index is -0.136. The van der Waals surface area contributed by atoms with Gasteiger partial charge >= 0.3 is 0 Å². The highest BCUT2D eigenvalue weighted by Gasteiger charge is 2.18. The van der Waals surface area contributed by atoms with Gasteiger partial charge in [-0.2, -0.15) is 0 Å². The van der Waals surface area contributed by atoms with Gasteiger partial charge < -0.3 is 9.30 Å². The number of Topliss-reactive ketones (excluding diaryl/α,β-unsaturated/α-hetero) is 1. The van der Waals surface area contributed by atoms with Crippen LogP contribution < -0.4 is 0 Å². The minimum absolute atomic E-state index is 0.136. The van der Waals surface area contributed by atoms with Crippen molar-refractivity contribution in [3.63, 3.8) is 0 Å². The number of carbonyl (C=O) groups excluding carboxylic acids is 1. The second-order valence-corrected chi connectivity index (χ2v) is 3.81. The lowest BCUT2D eigenvalue weighted by molar-refractivity contribution is 0.101. The van der Waals surface area contributed by atoms with E-state index in [4.69, 9.17) is 10.3 Å². The SMILES string of the molecule is COCn1c(N=[N+]=[N-])c(C(C)=O)c2ccccc21. The van der Waals surface area contributed by atoms with Gasteiger partial charge in [-0.1, -0.05) is 18.2 Å². The Labute approximate surface area is 103 Å². The third-order valence-corrected chi connectivity index (χ3v) is 2.69. The molecule has 1 aromatic carbocycles. The number of rotatable bonds is 4. The molecule has 6 nitrogen and oxygen atoms in total. The van der Waals surface area contributed by atoms with Crippen molar-refractivity contribution < 1.29 is 9.53 Å². The number of ether oxygens (including phenoxy) is 1. The Bertz CT molecular complexity index is 653. The molecular formula is C12H12N4O2. The second kappa shape index (κ2) is 4.91. The second-order valence-electron chi connectivity index (χ2n) is 3.81. The predicted octanol–water partition coefficient (Wildman–Crippen LogP) is 3.39. The smallest absolute Gasteiger partial charge is 0.162 e. The molecule has 0 saturated heterocycles. The van der Waals surface area contributed by atoms with Gasteiger partial charge in [-0.3, -0.25) is 4.79 Å². The van der Waals surface area contributed by atoms with Crippen LogP contribution in [0.25, 0.3) is 21.3 Å². The maximum absolute atomic E-state index is 11.7. The summed E-state index contributed by atoms with van der Waals surface area (Å²) in [5, 5.41) is 4.39. The van der Waals surface area contributed by atoms with Crippen LogP contribution in [0.15, 0.2) is 29.4 Å². The molecule has 0 N–H and O–H groups in total. The quantitative estimate of drug-likeness (QED) is 0.357. The van der Waals surface area contributed by atoms with E-state index in [1.807, 2.05) is 24.3 Å². The van der Waals surface area contributed by atoms with Crippen LogP contribution in [0.4, 0.5) is 5.82 Å². The zero-order valence-corrected chi connectivity index (χ0v) is 10.1. The van der Waals surface area contributed by atoms with Gasteiger partial charge in [-0.25, -0.2) is 0 Å². The zero-order chi connectivity index (χ0) is 13.1. The number of azide groups is 1. The summed E-state index contributed by atoms with van der Waals surface area (Å²) in [7, 11) is 1.54. The monoisotopic (exact) mass is 244 g/mol. The Morgan fingerprint density at radius 2 is 2.22 bits per heavy atom. The van der Waals surface area contributed by atoms with Gasteiger partial charge in [0.15, 0.2) is 5.78 Å². The lowest BCUT2D eigenvalue weighted by Gasteiger charge is -2.05. The molecule has 92 valence electrons. The van der Waals surface area contributed by atoms with E-state index in [-0.39, 0.29) is 12.5 Å². The van der Waals surface area contributed by atoms with E-state index >= 15 is 0 Å². The summed E-state index contributed by atoms with van der Waals surface area (Å²) in [5.74, 6) is 0.163. The van der Waals surface area contributed by atoms with E-state index in [9.17, 15) is 4.79 Å². The molecule has 0 spiro atoms. The zero-order valence-electron chi connectivity index (χ0n) is 10.1. The molecule has 0 fully saturated rings. The van der Waals surface area contributed by atoms with Gasteiger partial charge in [-0.15, -0.1) is 0 Å². The van der Waals surface area contributed by atoms with E-state index in [2.05, 4.69) is 10.0 Å². The lowest BCUT2D eigenvalue weighted by Crippen LogP contribution is -1.99. The number of para-hydroxylation sites is 1. The lowest BCUT2D eigenvalue weighted by atomic mass is 10.1. The van der Waals surface area contributed by atoms with Crippen molar-refractivity contribution in [2.45, 2.75) is 13.7 Å². The summed E-state index contributed by atoms with van der Waals surface area (Å²) in [6, 6.07) is 7.38. The van der Waals surface area contributed by atoms with Crippen molar-refractivity contribution in [3.05, 3.63) is 40.3 Å². The van der Waals surface area contributed by atoms with Crippen LogP contribution in [0.5, 0.6) is 0 Å². The van der Waals surface area contributed by atoms with Crippen molar-refractivity contribution in [2.75, 3.05) is 7.11 Å². The molecule has 0 bridgehead atoms. The first-order chi connectivity index (χ1) is 8.70. The Morgan fingerprint density at radius 3 is 2.83 bits per heavy atom. The standard InChI is InChI=1S/C12H12N4O2/c1-8(17)11-9-5-3-4-6-10(9)16(7-18-2)12(11)14-15-13/h3-6H,7H2,1-2H3. The fraction of sp³-hybridized carbons (Fsp3) is 0.250. The van der Waals surface area contributed by atoms with E-state index in [1.54, 1.807) is 11.7 Å². The van der Waals surface area contributed by atoms with Gasteiger partial charge in [0, 0.05) is 17.4 Å². The molecule has 0 amide bonds. The molecule has 0 aliphatic rings. The number of carbonyl (C=O) groups is 1. The number of fused-ring (bicyclic) bond motifs is 1. The largest absolute Gasteiger partial charge is 0.364 e. The first-order valence-corrected chi connectivity index (χ1v) is 5.37. The highest BCUT2D eigenvalue weighted by atomic mass is 16.5. The van der Waals surface area contributed by atoms with Crippen molar-refractivity contribution in [1.29, 1.82) is 0 Å². The molecule has 0 aliphatic carbocycles. The van der Waals surface area contributed by atoms with E-state index in [0.717, 1.165) is 10.9 Å². The molecule has 2 rings (SSSR count). The third-order valence-electron chi connectivity index (χ3n) is 2.69. The van der Waals surface area contributed by atoms with Gasteiger partial charge in [0.25, 0.3) is 0 Å². The average Bonchev–Trinajstić information content (AvgIpc) is 2.65. The molecule has 1 heterocycles. The first-order valence-electron chi connectivity index (χ1n) is 5.37. The molecule has 18 heavy (non-hydrogen) atoms. The Morgan fingerprint density at radius 1 is 1.50 bits per heavy atom. The molecule has 0 atom stereocenters. The first kappa shape index (κ1) is 12.2. The number of benzene rings is 1. The number of methoxy groups -OCH3 is 1. The van der Waals surface area contributed by atoms with Crippen molar-refractivity contribution in [3.8, 4) is 0 Å². The van der Waals surface area contributed by atoms with Gasteiger partial charge in [-0.05, 0) is 23.6 Å². The fourth-order valence-electron chi connectivity index (χ4n) is 2.04. The summed E-state index contributed by atoms with van der Waals surface area (Å²) < 4.78 is 6.77. The Kier molecular flexibility index (Phi) is 3.32. The summed E-state index contributed by atoms with van der Waals surface area (Å²) in [5.41, 5.74) is 9.88. The van der Waals surface area contributed by atoms with Crippen molar-refractivity contribution >= 4 is 22.5 Å². The molecular weight excluding hydrogens is 232 g/mol. The van der Waals surface area contributed by atoms with Gasteiger partial charge in [0.1, 0.15) is 12.5 Å². The summed E-state index contributed by atoms with van der Waals surface area (Å²) in [6.07, 6.45) is 0. The highest BCUT2D eigenvalue weighted by molar-refractivity contribution is 6.11. The predicted molar refractivity (Wildman–Crippen MR) is 67.8 cm³/mol. The summed E-state index contributed by atoms with van der Waals surface area (Å²) in [4.78, 5) is 14.5. The van der Waals surface area contributed by atoms with Crippen molar-refractivity contribution in [1.82, 2.24) is 4.57 Å². The van der Waals surface area contributed by atoms with Crippen LogP contribution in [-0.4, -0.2) is 17.5 Å². The normalized spacial score (nSPS) is 10.3. The number of ketones is 1. The molecule has 0 aliphatic heterocycles. The van der Waals surface area contributed by atoms with Gasteiger partial charge in [0.2, 0.25) is 0 Å². The Hall–Kier alpha value is -2.30. The van der Waals surface area contributed by atoms with Crippen LogP contribution in [0.1, 0.15) is 17.3 Å². The van der Waals surface area contributed by atoms with Crippen LogP contribution in [0, 0.1) is 0 Å². The molecule has 0 unspecified atom stereocenters. The topological polar surface area (TPSA) is 80.0 Å². The molecule has 6 heteroatoms. The van der Waals surface area contributed by atoms with Crippen LogP contribution in [0.3, 0.4) is 0 Å². The van der Waals surface area contributed by atoms with Crippen LogP contribution in [0.2, 0.25) is 0 Å². The van der Waals surface area contributed by atoms with Crippen LogP contribution in [-0.2, 0) is 11.5 Å². The molecule has 2 aromatic rings. The highest BCUT2D eigenvalue weighted by Crippen LogP contribution is 2.32. The summed E-state index contributed by atoms with van der Waals surface area (Å²) in [6.45, 7) is 1.68. The number of aromatic nitrogens is 1. The third kappa shape index (κ3) is 1.84. The minimum Gasteiger partial charge on any atom is -0.364 e. The van der Waals surface area contributed by atoms with Crippen molar-refractivity contribution in [2.24, 2.45) is 5.11 Å². The molecule has 0 radical (unpaired) electrons. The average molecular weight is 244 g/mol. The van der Waals surface area contributed by atoms with E-state index in [1.165, 1.54) is 6.92 Å².